The summed E-state index contributed by atoms with van der Waals surface area (Å²) in [6, 6.07) is 8.41. The summed E-state index contributed by atoms with van der Waals surface area (Å²) < 4.78 is 1.28. The fraction of sp³-hybridized carbons (Fsp3) is 0.300. The molecule has 0 fully saturated rings. The molecule has 0 N–H and O–H groups in total. The zero-order chi connectivity index (χ0) is 9.68. The summed E-state index contributed by atoms with van der Waals surface area (Å²) in [7, 11) is 0. The number of benzene rings is 1. The minimum absolute atomic E-state index is 0.599. The van der Waals surface area contributed by atoms with E-state index in [1.807, 2.05) is 6.07 Å². The van der Waals surface area contributed by atoms with Crippen molar-refractivity contribution in [2.75, 3.05) is 0 Å². The first-order valence-corrected chi connectivity index (χ1v) is 6.18. The molecule has 0 saturated heterocycles. The SMILES string of the molecule is N#CCCc1cccc(CBr)c1I. The lowest BCUT2D eigenvalue weighted by Gasteiger charge is -2.05. The summed E-state index contributed by atoms with van der Waals surface area (Å²) in [6.45, 7) is 0. The summed E-state index contributed by atoms with van der Waals surface area (Å²) in [6.07, 6.45) is 1.46. The molecule has 0 aliphatic carbocycles. The van der Waals surface area contributed by atoms with Gasteiger partial charge in [-0.1, -0.05) is 34.1 Å². The van der Waals surface area contributed by atoms with Gasteiger partial charge in [-0.15, -0.1) is 0 Å². The first-order valence-electron chi connectivity index (χ1n) is 3.98. The van der Waals surface area contributed by atoms with Crippen LogP contribution < -0.4 is 0 Å². The molecular weight excluding hydrogens is 341 g/mol. The Bertz CT molecular complexity index is 330. The molecule has 0 aliphatic heterocycles. The van der Waals surface area contributed by atoms with Crippen molar-refractivity contribution in [3.8, 4) is 6.07 Å². The van der Waals surface area contributed by atoms with Crippen LogP contribution in [0, 0.1) is 14.9 Å². The van der Waals surface area contributed by atoms with Crippen molar-refractivity contribution < 1.29 is 0 Å². The molecule has 0 aliphatic rings. The molecule has 1 aromatic carbocycles. The van der Waals surface area contributed by atoms with E-state index in [1.165, 1.54) is 14.7 Å². The number of alkyl halides is 1. The summed E-state index contributed by atoms with van der Waals surface area (Å²) in [5.74, 6) is 0. The van der Waals surface area contributed by atoms with Gasteiger partial charge in [-0.3, -0.25) is 0 Å². The number of halogens is 2. The Morgan fingerprint density at radius 3 is 2.69 bits per heavy atom. The Morgan fingerprint density at radius 2 is 2.08 bits per heavy atom. The third-order valence-corrected chi connectivity index (χ3v) is 3.80. The van der Waals surface area contributed by atoms with Crippen LogP contribution in [0.25, 0.3) is 0 Å². The smallest absolute Gasteiger partial charge is 0.0625 e. The van der Waals surface area contributed by atoms with E-state index >= 15 is 0 Å². The van der Waals surface area contributed by atoms with E-state index in [0.717, 1.165) is 11.8 Å². The molecule has 0 heterocycles. The van der Waals surface area contributed by atoms with Gasteiger partial charge < -0.3 is 0 Å². The van der Waals surface area contributed by atoms with E-state index in [0.29, 0.717) is 6.42 Å². The van der Waals surface area contributed by atoms with Crippen LogP contribution in [0.2, 0.25) is 0 Å². The van der Waals surface area contributed by atoms with Crippen molar-refractivity contribution in [2.45, 2.75) is 18.2 Å². The maximum Gasteiger partial charge on any atom is 0.0625 e. The molecule has 1 nitrogen and oxygen atoms in total. The average molecular weight is 350 g/mol. The van der Waals surface area contributed by atoms with E-state index in [2.05, 4.69) is 56.7 Å². The van der Waals surface area contributed by atoms with Crippen LogP contribution in [0.1, 0.15) is 17.5 Å². The Hall–Kier alpha value is -0.0800. The molecule has 0 spiro atoms. The second kappa shape index (κ2) is 5.61. The van der Waals surface area contributed by atoms with Crippen molar-refractivity contribution >= 4 is 38.5 Å². The summed E-state index contributed by atoms with van der Waals surface area (Å²) in [4.78, 5) is 0. The second-order valence-electron chi connectivity index (χ2n) is 2.68. The maximum atomic E-state index is 8.48. The Morgan fingerprint density at radius 1 is 1.38 bits per heavy atom. The zero-order valence-corrected chi connectivity index (χ0v) is 10.8. The van der Waals surface area contributed by atoms with Gasteiger partial charge in [0.15, 0.2) is 0 Å². The molecule has 0 bridgehead atoms. The lowest BCUT2D eigenvalue weighted by atomic mass is 10.1. The van der Waals surface area contributed by atoms with E-state index < -0.39 is 0 Å². The van der Waals surface area contributed by atoms with Crippen molar-refractivity contribution in [1.82, 2.24) is 0 Å². The second-order valence-corrected chi connectivity index (χ2v) is 4.32. The van der Waals surface area contributed by atoms with Gasteiger partial charge in [0.1, 0.15) is 0 Å². The Labute approximate surface area is 100 Å². The number of nitrogens with zero attached hydrogens (tertiary/aromatic N) is 1. The standard InChI is InChI=1S/C10H9BrIN/c11-7-9-4-1-3-8(10(9)12)5-2-6-13/h1,3-4H,2,5,7H2. The van der Waals surface area contributed by atoms with Crippen molar-refractivity contribution in [3.63, 3.8) is 0 Å². The molecule has 13 heavy (non-hydrogen) atoms. The minimum Gasteiger partial charge on any atom is -0.198 e. The van der Waals surface area contributed by atoms with Gasteiger partial charge in [-0.05, 0) is 40.1 Å². The highest BCUT2D eigenvalue weighted by Gasteiger charge is 2.03. The van der Waals surface area contributed by atoms with Crippen LogP contribution in [0.4, 0.5) is 0 Å². The van der Waals surface area contributed by atoms with Gasteiger partial charge in [-0.25, -0.2) is 0 Å². The maximum absolute atomic E-state index is 8.48. The van der Waals surface area contributed by atoms with Gasteiger partial charge in [0.2, 0.25) is 0 Å². The normalized spacial score (nSPS) is 9.62. The fourth-order valence-corrected chi connectivity index (χ4v) is 2.93. The molecule has 0 unspecified atom stereocenters. The molecule has 3 heteroatoms. The topological polar surface area (TPSA) is 23.8 Å². The molecule has 68 valence electrons. The fourth-order valence-electron chi connectivity index (χ4n) is 1.12. The number of rotatable bonds is 3. The van der Waals surface area contributed by atoms with E-state index in [9.17, 15) is 0 Å². The van der Waals surface area contributed by atoms with Crippen LogP contribution in [0.3, 0.4) is 0 Å². The van der Waals surface area contributed by atoms with Crippen molar-refractivity contribution in [3.05, 3.63) is 32.9 Å². The van der Waals surface area contributed by atoms with Gasteiger partial charge in [-0.2, -0.15) is 5.26 Å². The quantitative estimate of drug-likeness (QED) is 0.603. The lowest BCUT2D eigenvalue weighted by Crippen LogP contribution is -1.92. The van der Waals surface area contributed by atoms with E-state index in [-0.39, 0.29) is 0 Å². The number of nitriles is 1. The van der Waals surface area contributed by atoms with E-state index in [1.54, 1.807) is 0 Å². The third-order valence-electron chi connectivity index (χ3n) is 1.81. The van der Waals surface area contributed by atoms with Crippen LogP contribution in [-0.4, -0.2) is 0 Å². The lowest BCUT2D eigenvalue weighted by molar-refractivity contribution is 0.998. The van der Waals surface area contributed by atoms with Crippen molar-refractivity contribution in [2.24, 2.45) is 0 Å². The summed E-state index contributed by atoms with van der Waals surface area (Å²) >= 11 is 5.78. The number of hydrogen-bond acceptors (Lipinski definition) is 1. The largest absolute Gasteiger partial charge is 0.198 e. The molecule has 0 radical (unpaired) electrons. The van der Waals surface area contributed by atoms with Crippen LogP contribution in [0.15, 0.2) is 18.2 Å². The molecule has 0 aromatic heterocycles. The Kier molecular flexibility index (Phi) is 4.74. The van der Waals surface area contributed by atoms with Crippen LogP contribution >= 0.6 is 38.5 Å². The van der Waals surface area contributed by atoms with Gasteiger partial charge in [0.05, 0.1) is 6.07 Å². The summed E-state index contributed by atoms with van der Waals surface area (Å²) in [5, 5.41) is 9.36. The zero-order valence-electron chi connectivity index (χ0n) is 7.06. The minimum atomic E-state index is 0.599. The highest BCUT2D eigenvalue weighted by Crippen LogP contribution is 2.20. The van der Waals surface area contributed by atoms with Crippen LogP contribution in [0.5, 0.6) is 0 Å². The average Bonchev–Trinajstić information content (AvgIpc) is 2.16. The summed E-state index contributed by atoms with van der Waals surface area (Å²) in [5.41, 5.74) is 2.58. The molecule has 1 rings (SSSR count). The Balaban J connectivity index is 2.89. The number of aryl methyl sites for hydroxylation is 1. The van der Waals surface area contributed by atoms with Crippen LogP contribution in [-0.2, 0) is 11.8 Å². The molecule has 0 atom stereocenters. The molecule has 0 amide bonds. The van der Waals surface area contributed by atoms with Crippen molar-refractivity contribution in [1.29, 1.82) is 5.26 Å². The van der Waals surface area contributed by atoms with Gasteiger partial charge in [0.25, 0.3) is 0 Å². The highest BCUT2D eigenvalue weighted by atomic mass is 127. The highest BCUT2D eigenvalue weighted by molar-refractivity contribution is 14.1. The molecule has 1 aromatic rings. The van der Waals surface area contributed by atoms with Gasteiger partial charge in [0, 0.05) is 15.3 Å². The molecule has 0 saturated carbocycles. The number of hydrogen-bond donors (Lipinski definition) is 0. The van der Waals surface area contributed by atoms with E-state index in [4.69, 9.17) is 5.26 Å². The first-order chi connectivity index (χ1) is 6.29. The first kappa shape index (κ1) is 11.0. The third kappa shape index (κ3) is 2.96. The predicted molar refractivity (Wildman–Crippen MR) is 65.7 cm³/mol. The van der Waals surface area contributed by atoms with Gasteiger partial charge >= 0.3 is 0 Å². The monoisotopic (exact) mass is 349 g/mol. The molecular formula is C10H9BrIN. The predicted octanol–water partition coefficient (Wildman–Crippen LogP) is 3.64.